The molecule has 0 aliphatic rings. The molecule has 1 heterocycles. The van der Waals surface area contributed by atoms with Gasteiger partial charge in [-0.15, -0.1) is 12.1 Å². The minimum atomic E-state index is 0. The first kappa shape index (κ1) is 14.4. The van der Waals surface area contributed by atoms with E-state index >= 15 is 0 Å². The first-order valence-corrected chi connectivity index (χ1v) is 6.31. The Balaban J connectivity index is 0.000000210. The molecule has 0 atom stereocenters. The van der Waals surface area contributed by atoms with Gasteiger partial charge in [0.05, 0.1) is 5.76 Å². The predicted molar refractivity (Wildman–Crippen MR) is 79.3 cm³/mol. The summed E-state index contributed by atoms with van der Waals surface area (Å²) in [5, 5.41) is 1.16. The molecular weight excluding hydrogens is 288 g/mol. The van der Waals surface area contributed by atoms with Crippen LogP contribution in [0.25, 0.3) is 22.3 Å². The molecular formula is C18H14FeO. The normalized spacial score (nSPS) is 9.60. The van der Waals surface area contributed by atoms with Crippen molar-refractivity contribution in [1.29, 1.82) is 0 Å². The second kappa shape index (κ2) is 6.95. The van der Waals surface area contributed by atoms with Crippen LogP contribution in [-0.2, 0) is 17.1 Å². The zero-order valence-electron chi connectivity index (χ0n) is 10.8. The summed E-state index contributed by atoms with van der Waals surface area (Å²) >= 11 is 0. The van der Waals surface area contributed by atoms with Crippen LogP contribution in [0, 0.1) is 0 Å². The maximum Gasteiger partial charge on any atom is 2.00 e. The van der Waals surface area contributed by atoms with Gasteiger partial charge in [-0.25, -0.2) is 12.1 Å². The van der Waals surface area contributed by atoms with E-state index < -0.39 is 0 Å². The number of rotatable bonds is 1. The summed E-state index contributed by atoms with van der Waals surface area (Å²) in [7, 11) is 0. The van der Waals surface area contributed by atoms with Gasteiger partial charge in [-0.1, -0.05) is 29.8 Å². The summed E-state index contributed by atoms with van der Waals surface area (Å²) < 4.78 is 5.71. The molecule has 1 nitrogen and oxygen atoms in total. The van der Waals surface area contributed by atoms with Crippen LogP contribution in [0.15, 0.2) is 89.3 Å². The zero-order chi connectivity index (χ0) is 12.9. The maximum absolute atomic E-state index is 5.71. The molecule has 0 saturated heterocycles. The third-order valence-electron chi connectivity index (χ3n) is 2.93. The Morgan fingerprint density at radius 1 is 0.850 bits per heavy atom. The van der Waals surface area contributed by atoms with E-state index in [0.29, 0.717) is 0 Å². The molecule has 0 N–H and O–H groups in total. The summed E-state index contributed by atoms with van der Waals surface area (Å²) in [6.45, 7) is 0. The van der Waals surface area contributed by atoms with Crippen molar-refractivity contribution in [1.82, 2.24) is 0 Å². The minimum Gasteiger partial charge on any atom is -0.476 e. The van der Waals surface area contributed by atoms with Crippen molar-refractivity contribution in [3.63, 3.8) is 0 Å². The summed E-state index contributed by atoms with van der Waals surface area (Å²) in [5.41, 5.74) is 2.09. The molecule has 0 amide bonds. The SMILES string of the molecule is [Fe+2].c1cc[cH-]c1.c1ccc2oc(-[c-]3cccc3)cc2c1. The molecule has 4 aromatic rings. The van der Waals surface area contributed by atoms with E-state index in [1.54, 1.807) is 0 Å². The Morgan fingerprint density at radius 2 is 1.55 bits per heavy atom. The minimum absolute atomic E-state index is 0. The molecule has 0 aliphatic heterocycles. The zero-order valence-corrected chi connectivity index (χ0v) is 11.9. The van der Waals surface area contributed by atoms with Crippen LogP contribution in [0.4, 0.5) is 0 Å². The van der Waals surface area contributed by atoms with Crippen molar-refractivity contribution in [3.8, 4) is 11.3 Å². The van der Waals surface area contributed by atoms with Crippen LogP contribution in [0.5, 0.6) is 0 Å². The largest absolute Gasteiger partial charge is 2.00 e. The first-order chi connectivity index (χ1) is 9.43. The number of furan rings is 1. The molecule has 3 aromatic carbocycles. The predicted octanol–water partition coefficient (Wildman–Crippen LogP) is 5.22. The van der Waals surface area contributed by atoms with Crippen molar-refractivity contribution in [2.75, 3.05) is 0 Å². The van der Waals surface area contributed by atoms with Gasteiger partial charge in [-0.2, -0.15) is 30.3 Å². The maximum atomic E-state index is 5.71. The van der Waals surface area contributed by atoms with Crippen LogP contribution >= 0.6 is 0 Å². The second-order valence-corrected chi connectivity index (χ2v) is 4.28. The van der Waals surface area contributed by atoms with Gasteiger partial charge in [0, 0.05) is 0 Å². The van der Waals surface area contributed by atoms with Gasteiger partial charge in [-0.05, 0) is 11.5 Å². The third-order valence-corrected chi connectivity index (χ3v) is 2.93. The Kier molecular flexibility index (Phi) is 5.00. The molecule has 2 heteroatoms. The fourth-order valence-electron chi connectivity index (χ4n) is 1.98. The topological polar surface area (TPSA) is 13.1 Å². The van der Waals surface area contributed by atoms with Crippen molar-refractivity contribution in [2.24, 2.45) is 0 Å². The molecule has 0 aliphatic carbocycles. The number of benzene rings is 1. The molecule has 0 spiro atoms. The Bertz CT molecular complexity index is 668. The average molecular weight is 302 g/mol. The van der Waals surface area contributed by atoms with E-state index in [4.69, 9.17) is 4.42 Å². The van der Waals surface area contributed by atoms with Crippen molar-refractivity contribution >= 4 is 11.0 Å². The van der Waals surface area contributed by atoms with Gasteiger partial charge in [0.1, 0.15) is 5.58 Å². The van der Waals surface area contributed by atoms with Gasteiger partial charge in [0.15, 0.2) is 0 Å². The van der Waals surface area contributed by atoms with Crippen molar-refractivity contribution in [2.45, 2.75) is 0 Å². The Morgan fingerprint density at radius 3 is 2.15 bits per heavy atom. The molecule has 0 unspecified atom stereocenters. The quantitative estimate of drug-likeness (QED) is 0.347. The smallest absolute Gasteiger partial charge is 0.476 e. The fraction of sp³-hybridized carbons (Fsp3) is 0. The van der Waals surface area contributed by atoms with Crippen LogP contribution in [0.3, 0.4) is 0 Å². The number of hydrogen-bond donors (Lipinski definition) is 0. The summed E-state index contributed by atoms with van der Waals surface area (Å²) in [4.78, 5) is 0. The summed E-state index contributed by atoms with van der Waals surface area (Å²) in [6.07, 6.45) is 0. The van der Waals surface area contributed by atoms with Crippen LogP contribution in [0.2, 0.25) is 0 Å². The fourth-order valence-corrected chi connectivity index (χ4v) is 1.98. The Hall–Kier alpha value is -2.02. The van der Waals surface area contributed by atoms with Crippen LogP contribution in [-0.4, -0.2) is 0 Å². The number of hydrogen-bond acceptors (Lipinski definition) is 1. The monoisotopic (exact) mass is 302 g/mol. The standard InChI is InChI=1S/C13H9O.C5H5.Fe/c1-2-6-10(5-1)13-9-11-7-3-4-8-12(11)14-13;1-2-4-5-3-1;/h1-9H;1-5H;/q2*-1;+2. The van der Waals surface area contributed by atoms with E-state index in [0.717, 1.165) is 22.3 Å². The number of para-hydroxylation sites is 1. The van der Waals surface area contributed by atoms with Crippen molar-refractivity contribution in [3.05, 3.63) is 84.9 Å². The van der Waals surface area contributed by atoms with Gasteiger partial charge in [-0.3, -0.25) is 0 Å². The molecule has 0 radical (unpaired) electrons. The summed E-state index contributed by atoms with van der Waals surface area (Å²) in [5.74, 6) is 0.941. The van der Waals surface area contributed by atoms with Crippen LogP contribution < -0.4 is 0 Å². The number of fused-ring (bicyclic) bond motifs is 1. The molecule has 0 saturated carbocycles. The van der Waals surface area contributed by atoms with Gasteiger partial charge >= 0.3 is 17.1 Å². The molecule has 0 bridgehead atoms. The van der Waals surface area contributed by atoms with E-state index in [9.17, 15) is 0 Å². The molecule has 100 valence electrons. The molecule has 4 rings (SSSR count). The van der Waals surface area contributed by atoms with E-state index in [-0.39, 0.29) is 17.1 Å². The molecule has 20 heavy (non-hydrogen) atoms. The van der Waals surface area contributed by atoms with E-state index in [2.05, 4.69) is 24.3 Å². The van der Waals surface area contributed by atoms with Gasteiger partial charge < -0.3 is 4.42 Å². The van der Waals surface area contributed by atoms with Crippen molar-refractivity contribution < 1.29 is 21.5 Å². The second-order valence-electron chi connectivity index (χ2n) is 4.28. The molecule has 1 aromatic heterocycles. The third kappa shape index (κ3) is 3.30. The van der Waals surface area contributed by atoms with E-state index in [1.807, 2.05) is 60.7 Å². The van der Waals surface area contributed by atoms with E-state index in [1.165, 1.54) is 0 Å². The molecule has 0 fully saturated rings. The van der Waals surface area contributed by atoms with Crippen LogP contribution in [0.1, 0.15) is 0 Å². The van der Waals surface area contributed by atoms with Gasteiger partial charge in [0.25, 0.3) is 0 Å². The first-order valence-electron chi connectivity index (χ1n) is 6.31. The van der Waals surface area contributed by atoms with Gasteiger partial charge in [0.2, 0.25) is 0 Å². The average Bonchev–Trinajstić information content (AvgIpc) is 3.20. The Labute approximate surface area is 129 Å². The summed E-state index contributed by atoms with van der Waals surface area (Å²) in [6, 6.07) is 28.3.